The summed E-state index contributed by atoms with van der Waals surface area (Å²) in [6.45, 7) is 0. The van der Waals surface area contributed by atoms with Crippen molar-refractivity contribution in [2.24, 2.45) is 0 Å². The van der Waals surface area contributed by atoms with Crippen LogP contribution in [-0.2, 0) is 0 Å². The topological polar surface area (TPSA) is 40.5 Å². The Bertz CT molecular complexity index is 67.4. The molecular formula is C3H5Br3O2. The third-order valence-electron chi connectivity index (χ3n) is 0.414. The Morgan fingerprint density at radius 1 is 1.25 bits per heavy atom. The SMILES string of the molecule is OC(O)CC(Br)(Br)Br. The number of hydrogen-bond acceptors (Lipinski definition) is 2. The quantitative estimate of drug-likeness (QED) is 0.569. The molecule has 5 heteroatoms. The Morgan fingerprint density at radius 2 is 1.62 bits per heavy atom. The monoisotopic (exact) mass is 310 g/mol. The zero-order valence-corrected chi connectivity index (χ0v) is 8.57. The molecule has 2 N–H and O–H groups in total. The molecule has 0 aromatic heterocycles. The van der Waals surface area contributed by atoms with E-state index in [0.29, 0.717) is 0 Å². The van der Waals surface area contributed by atoms with Crippen LogP contribution in [0.5, 0.6) is 0 Å². The first-order valence-electron chi connectivity index (χ1n) is 1.85. The van der Waals surface area contributed by atoms with E-state index in [1.54, 1.807) is 0 Å². The molecule has 0 heterocycles. The largest absolute Gasteiger partial charge is 0.368 e. The van der Waals surface area contributed by atoms with Gasteiger partial charge in [-0.1, -0.05) is 47.8 Å². The Hall–Kier alpha value is 1.36. The van der Waals surface area contributed by atoms with Crippen LogP contribution in [0.2, 0.25) is 0 Å². The van der Waals surface area contributed by atoms with Crippen LogP contribution in [0.25, 0.3) is 0 Å². The van der Waals surface area contributed by atoms with Crippen molar-refractivity contribution in [1.82, 2.24) is 0 Å². The molecule has 0 aromatic rings. The Labute approximate surface area is 72.7 Å². The van der Waals surface area contributed by atoms with Crippen LogP contribution in [0.3, 0.4) is 0 Å². The van der Waals surface area contributed by atoms with Crippen LogP contribution in [0, 0.1) is 0 Å². The van der Waals surface area contributed by atoms with Gasteiger partial charge in [0.05, 0.1) is 0 Å². The van der Waals surface area contributed by atoms with Gasteiger partial charge in [-0.3, -0.25) is 0 Å². The highest BCUT2D eigenvalue weighted by Gasteiger charge is 2.20. The van der Waals surface area contributed by atoms with Gasteiger partial charge in [0.15, 0.2) is 6.29 Å². The van der Waals surface area contributed by atoms with Gasteiger partial charge in [-0.05, 0) is 0 Å². The second-order valence-corrected chi connectivity index (χ2v) is 8.55. The van der Waals surface area contributed by atoms with Gasteiger partial charge in [0.25, 0.3) is 0 Å². The van der Waals surface area contributed by atoms with E-state index in [1.165, 1.54) is 0 Å². The van der Waals surface area contributed by atoms with Crippen molar-refractivity contribution in [1.29, 1.82) is 0 Å². The lowest BCUT2D eigenvalue weighted by molar-refractivity contribution is -0.0422. The molecule has 50 valence electrons. The van der Waals surface area contributed by atoms with Gasteiger partial charge >= 0.3 is 0 Å². The maximum absolute atomic E-state index is 8.35. The minimum Gasteiger partial charge on any atom is -0.368 e. The Kier molecular flexibility index (Phi) is 4.11. The van der Waals surface area contributed by atoms with Crippen molar-refractivity contribution in [2.75, 3.05) is 0 Å². The van der Waals surface area contributed by atoms with E-state index >= 15 is 0 Å². The summed E-state index contributed by atoms with van der Waals surface area (Å²) in [6.07, 6.45) is -1.11. The van der Waals surface area contributed by atoms with Crippen molar-refractivity contribution in [2.45, 2.75) is 14.9 Å². The van der Waals surface area contributed by atoms with Crippen molar-refractivity contribution in [3.63, 3.8) is 0 Å². The normalized spacial score (nSPS) is 12.8. The first kappa shape index (κ1) is 9.36. The van der Waals surface area contributed by atoms with Crippen LogP contribution < -0.4 is 0 Å². The van der Waals surface area contributed by atoms with Gasteiger partial charge in [-0.25, -0.2) is 0 Å². The zero-order valence-electron chi connectivity index (χ0n) is 3.81. The van der Waals surface area contributed by atoms with E-state index in [9.17, 15) is 0 Å². The highest BCUT2D eigenvalue weighted by Crippen LogP contribution is 2.37. The third-order valence-corrected chi connectivity index (χ3v) is 1.39. The molecular weight excluding hydrogens is 308 g/mol. The van der Waals surface area contributed by atoms with Crippen LogP contribution in [0.1, 0.15) is 6.42 Å². The standard InChI is InChI=1S/C3H5Br3O2/c4-3(5,6)1-2(7)8/h2,7-8H,1H2. The summed E-state index contributed by atoms with van der Waals surface area (Å²) in [6, 6.07) is 0. The molecule has 0 rings (SSSR count). The van der Waals surface area contributed by atoms with Crippen molar-refractivity contribution >= 4 is 47.8 Å². The highest BCUT2D eigenvalue weighted by atomic mass is 80.0. The third kappa shape index (κ3) is 7.36. The number of aliphatic hydroxyl groups excluding tert-OH is 1. The number of hydrogen-bond donors (Lipinski definition) is 2. The molecule has 0 aliphatic rings. The van der Waals surface area contributed by atoms with Gasteiger partial charge in [-0.2, -0.15) is 0 Å². The second-order valence-electron chi connectivity index (χ2n) is 1.30. The lowest BCUT2D eigenvalue weighted by Gasteiger charge is -2.11. The molecule has 0 radical (unpaired) electrons. The van der Waals surface area contributed by atoms with Crippen molar-refractivity contribution in [3.8, 4) is 0 Å². The highest BCUT2D eigenvalue weighted by molar-refractivity contribution is 9.39. The molecule has 0 aliphatic heterocycles. The van der Waals surface area contributed by atoms with E-state index in [0.717, 1.165) is 0 Å². The predicted octanol–water partition coefficient (Wildman–Crippen LogP) is 1.53. The minimum absolute atomic E-state index is 0.188. The Morgan fingerprint density at radius 3 is 1.62 bits per heavy atom. The molecule has 8 heavy (non-hydrogen) atoms. The molecule has 0 amide bonds. The molecule has 0 aliphatic carbocycles. The predicted molar refractivity (Wildman–Crippen MR) is 42.4 cm³/mol. The molecule has 0 bridgehead atoms. The van der Waals surface area contributed by atoms with Gasteiger partial charge in [0, 0.05) is 6.42 Å². The lowest BCUT2D eigenvalue weighted by atomic mass is 10.5. The molecule has 0 unspecified atom stereocenters. The number of rotatable bonds is 1. The van der Waals surface area contributed by atoms with E-state index in [-0.39, 0.29) is 6.42 Å². The fraction of sp³-hybridized carbons (Fsp3) is 1.00. The first-order valence-corrected chi connectivity index (χ1v) is 4.22. The van der Waals surface area contributed by atoms with Gasteiger partial charge in [-0.15, -0.1) is 0 Å². The Balaban J connectivity index is 3.39. The maximum Gasteiger partial charge on any atom is 0.154 e. The number of halogens is 3. The number of alkyl halides is 3. The summed E-state index contributed by atoms with van der Waals surface area (Å²) in [5.74, 6) is 0. The zero-order chi connectivity index (χ0) is 6.78. The summed E-state index contributed by atoms with van der Waals surface area (Å²) >= 11 is 9.28. The number of aliphatic hydroxyl groups is 2. The van der Waals surface area contributed by atoms with Crippen LogP contribution in [0.4, 0.5) is 0 Å². The molecule has 0 fully saturated rings. The summed E-state index contributed by atoms with van der Waals surface area (Å²) in [4.78, 5) is 0. The molecule has 0 saturated carbocycles. The maximum atomic E-state index is 8.35. The summed E-state index contributed by atoms with van der Waals surface area (Å²) in [5.41, 5.74) is 0. The summed E-state index contributed by atoms with van der Waals surface area (Å²) in [7, 11) is 0. The second kappa shape index (κ2) is 3.51. The molecule has 2 nitrogen and oxygen atoms in total. The van der Waals surface area contributed by atoms with Crippen LogP contribution >= 0.6 is 47.8 Å². The molecule has 0 atom stereocenters. The molecule has 0 saturated heterocycles. The molecule has 0 spiro atoms. The first-order chi connectivity index (χ1) is 3.42. The average molecular weight is 313 g/mol. The van der Waals surface area contributed by atoms with Crippen LogP contribution in [-0.4, -0.2) is 18.6 Å². The minimum atomic E-state index is -1.30. The molecule has 0 aromatic carbocycles. The summed E-state index contributed by atoms with van der Waals surface area (Å²) < 4.78 is -0.541. The average Bonchev–Trinajstić information content (AvgIpc) is 1.21. The van der Waals surface area contributed by atoms with Gasteiger partial charge in [0.2, 0.25) is 0 Å². The fourth-order valence-electron chi connectivity index (χ4n) is 0.207. The fourth-order valence-corrected chi connectivity index (χ4v) is 1.08. The van der Waals surface area contributed by atoms with E-state index < -0.39 is 8.43 Å². The summed E-state index contributed by atoms with van der Waals surface area (Å²) in [5, 5.41) is 16.7. The van der Waals surface area contributed by atoms with Crippen molar-refractivity contribution in [3.05, 3.63) is 0 Å². The smallest absolute Gasteiger partial charge is 0.154 e. The van der Waals surface area contributed by atoms with Gasteiger partial charge < -0.3 is 10.2 Å². The van der Waals surface area contributed by atoms with Gasteiger partial charge in [0.1, 0.15) is 2.14 Å². The van der Waals surface area contributed by atoms with E-state index in [2.05, 4.69) is 47.8 Å². The van der Waals surface area contributed by atoms with Crippen molar-refractivity contribution < 1.29 is 10.2 Å². The van der Waals surface area contributed by atoms with E-state index in [4.69, 9.17) is 10.2 Å². The lowest BCUT2D eigenvalue weighted by Crippen LogP contribution is -2.13. The van der Waals surface area contributed by atoms with E-state index in [1.807, 2.05) is 0 Å². The van der Waals surface area contributed by atoms with Crippen LogP contribution in [0.15, 0.2) is 0 Å².